The number of rotatable bonds is 4. The summed E-state index contributed by atoms with van der Waals surface area (Å²) in [6, 6.07) is 0. The normalized spacial score (nSPS) is 15.0. The first kappa shape index (κ1) is 10.8. The summed E-state index contributed by atoms with van der Waals surface area (Å²) in [7, 11) is 0. The Kier molecular flexibility index (Phi) is 4.49. The Morgan fingerprint density at radius 3 is 2.27 bits per heavy atom. The van der Waals surface area contributed by atoms with Gasteiger partial charge in [0.25, 0.3) is 0 Å². The fourth-order valence-electron chi connectivity index (χ4n) is 0.885. The van der Waals surface area contributed by atoms with Crippen molar-refractivity contribution in [3.8, 4) is 0 Å². The van der Waals surface area contributed by atoms with Crippen LogP contribution in [0.4, 0.5) is 13.2 Å². The molecule has 0 saturated carbocycles. The zero-order valence-corrected chi connectivity index (χ0v) is 6.83. The summed E-state index contributed by atoms with van der Waals surface area (Å²) in [5.41, 5.74) is 0. The second kappa shape index (κ2) is 4.59. The molecule has 0 aliphatic heterocycles. The average molecular weight is 169 g/mol. The SMILES string of the molecule is CCCC(C)CNC(F)(F)F. The lowest BCUT2D eigenvalue weighted by atomic mass is 10.1. The minimum absolute atomic E-state index is 0.0251. The standard InChI is InChI=1S/C7H14F3N/c1-3-4-6(2)5-11-7(8,9)10/h6,11H,3-5H2,1-2H3. The Hall–Kier alpha value is -0.250. The zero-order valence-electron chi connectivity index (χ0n) is 6.83. The summed E-state index contributed by atoms with van der Waals surface area (Å²) in [5, 5.41) is 1.51. The van der Waals surface area contributed by atoms with E-state index < -0.39 is 6.30 Å². The van der Waals surface area contributed by atoms with E-state index in [1.54, 1.807) is 0 Å². The van der Waals surface area contributed by atoms with Crippen LogP contribution < -0.4 is 5.32 Å². The number of hydrogen-bond acceptors (Lipinski definition) is 1. The number of hydrogen-bond donors (Lipinski definition) is 1. The molecule has 0 saturated heterocycles. The van der Waals surface area contributed by atoms with Gasteiger partial charge in [0.2, 0.25) is 0 Å². The molecule has 0 aliphatic rings. The van der Waals surface area contributed by atoms with Gasteiger partial charge in [0.05, 0.1) is 0 Å². The van der Waals surface area contributed by atoms with Crippen LogP contribution in [0.2, 0.25) is 0 Å². The van der Waals surface area contributed by atoms with Crippen molar-refractivity contribution in [1.29, 1.82) is 0 Å². The summed E-state index contributed by atoms with van der Waals surface area (Å²) in [6.45, 7) is 3.80. The average Bonchev–Trinajstić information content (AvgIpc) is 1.83. The second-order valence-electron chi connectivity index (χ2n) is 2.77. The van der Waals surface area contributed by atoms with Crippen LogP contribution in [0.15, 0.2) is 0 Å². The van der Waals surface area contributed by atoms with Crippen LogP contribution in [-0.2, 0) is 0 Å². The molecule has 1 N–H and O–H groups in total. The fraction of sp³-hybridized carbons (Fsp3) is 1.00. The molecule has 0 rings (SSSR count). The van der Waals surface area contributed by atoms with E-state index in [-0.39, 0.29) is 12.5 Å². The molecule has 4 heteroatoms. The zero-order chi connectivity index (χ0) is 8.91. The summed E-state index contributed by atoms with van der Waals surface area (Å²) < 4.78 is 34.6. The van der Waals surface area contributed by atoms with Crippen molar-refractivity contribution in [2.24, 2.45) is 5.92 Å². The quantitative estimate of drug-likeness (QED) is 0.637. The molecule has 1 atom stereocenters. The Labute approximate surface area is 65.0 Å². The van der Waals surface area contributed by atoms with Gasteiger partial charge in [-0.25, -0.2) is 5.32 Å². The third kappa shape index (κ3) is 7.65. The molecule has 11 heavy (non-hydrogen) atoms. The van der Waals surface area contributed by atoms with E-state index in [2.05, 4.69) is 0 Å². The largest absolute Gasteiger partial charge is 0.457 e. The van der Waals surface area contributed by atoms with Gasteiger partial charge in [0.1, 0.15) is 0 Å². The smallest absolute Gasteiger partial charge is 0.228 e. The molecule has 68 valence electrons. The Bertz CT molecular complexity index is 100. The lowest BCUT2D eigenvalue weighted by Crippen LogP contribution is -2.34. The van der Waals surface area contributed by atoms with E-state index in [0.29, 0.717) is 0 Å². The highest BCUT2D eigenvalue weighted by Gasteiger charge is 2.26. The van der Waals surface area contributed by atoms with Crippen molar-refractivity contribution in [2.45, 2.75) is 33.0 Å². The topological polar surface area (TPSA) is 12.0 Å². The fourth-order valence-corrected chi connectivity index (χ4v) is 0.885. The summed E-state index contributed by atoms with van der Waals surface area (Å²) in [4.78, 5) is 0. The van der Waals surface area contributed by atoms with Crippen molar-refractivity contribution in [3.05, 3.63) is 0 Å². The van der Waals surface area contributed by atoms with Gasteiger partial charge in [-0.2, -0.15) is 13.2 Å². The van der Waals surface area contributed by atoms with Crippen LogP contribution in [0.5, 0.6) is 0 Å². The van der Waals surface area contributed by atoms with E-state index in [9.17, 15) is 13.2 Å². The van der Waals surface area contributed by atoms with Crippen LogP contribution in [-0.4, -0.2) is 12.8 Å². The van der Waals surface area contributed by atoms with E-state index in [0.717, 1.165) is 12.8 Å². The van der Waals surface area contributed by atoms with Gasteiger partial charge in [0.15, 0.2) is 0 Å². The molecule has 1 unspecified atom stereocenters. The molecule has 0 aromatic carbocycles. The predicted octanol–water partition coefficient (Wildman–Crippen LogP) is 2.53. The van der Waals surface area contributed by atoms with Crippen LogP contribution in [0.1, 0.15) is 26.7 Å². The van der Waals surface area contributed by atoms with E-state index in [1.807, 2.05) is 13.8 Å². The van der Waals surface area contributed by atoms with Crippen molar-refractivity contribution in [1.82, 2.24) is 5.32 Å². The molecule has 0 aromatic heterocycles. The molecule has 0 heterocycles. The Balaban J connectivity index is 3.38. The molecular formula is C7H14F3N. The second-order valence-corrected chi connectivity index (χ2v) is 2.77. The minimum Gasteiger partial charge on any atom is -0.228 e. The van der Waals surface area contributed by atoms with Gasteiger partial charge in [0, 0.05) is 6.54 Å². The van der Waals surface area contributed by atoms with Gasteiger partial charge in [-0.05, 0) is 12.3 Å². The molecule has 0 aliphatic carbocycles. The van der Waals surface area contributed by atoms with Crippen molar-refractivity contribution < 1.29 is 13.2 Å². The number of halogens is 3. The summed E-state index contributed by atoms with van der Waals surface area (Å²) in [5.74, 6) is 0.0987. The van der Waals surface area contributed by atoms with Crippen LogP contribution in [0.25, 0.3) is 0 Å². The number of nitrogens with one attached hydrogen (secondary N) is 1. The molecule has 1 nitrogen and oxygen atoms in total. The minimum atomic E-state index is -4.22. The molecule has 0 aromatic rings. The summed E-state index contributed by atoms with van der Waals surface area (Å²) in [6.07, 6.45) is -2.45. The Morgan fingerprint density at radius 2 is 1.91 bits per heavy atom. The number of alkyl halides is 3. The van der Waals surface area contributed by atoms with E-state index in [1.165, 1.54) is 5.32 Å². The van der Waals surface area contributed by atoms with Crippen molar-refractivity contribution in [3.63, 3.8) is 0 Å². The molecule has 0 fully saturated rings. The maximum atomic E-state index is 11.5. The van der Waals surface area contributed by atoms with E-state index in [4.69, 9.17) is 0 Å². The van der Waals surface area contributed by atoms with Gasteiger partial charge in [-0.3, -0.25) is 0 Å². The van der Waals surface area contributed by atoms with Crippen LogP contribution >= 0.6 is 0 Å². The van der Waals surface area contributed by atoms with Crippen LogP contribution in [0, 0.1) is 5.92 Å². The first-order valence-corrected chi connectivity index (χ1v) is 3.77. The molecule has 0 radical (unpaired) electrons. The van der Waals surface area contributed by atoms with Gasteiger partial charge < -0.3 is 0 Å². The van der Waals surface area contributed by atoms with E-state index >= 15 is 0 Å². The maximum Gasteiger partial charge on any atom is 0.457 e. The first-order chi connectivity index (χ1) is 4.95. The molecule has 0 bridgehead atoms. The maximum absolute atomic E-state index is 11.5. The third-order valence-electron chi connectivity index (χ3n) is 1.43. The Morgan fingerprint density at radius 1 is 1.36 bits per heavy atom. The predicted molar refractivity (Wildman–Crippen MR) is 38.1 cm³/mol. The molecule has 0 amide bonds. The summed E-state index contributed by atoms with van der Waals surface area (Å²) >= 11 is 0. The molecular weight excluding hydrogens is 155 g/mol. The highest BCUT2D eigenvalue weighted by molar-refractivity contribution is 4.57. The van der Waals surface area contributed by atoms with Crippen LogP contribution in [0.3, 0.4) is 0 Å². The van der Waals surface area contributed by atoms with Gasteiger partial charge in [-0.15, -0.1) is 0 Å². The highest BCUT2D eigenvalue weighted by atomic mass is 19.4. The highest BCUT2D eigenvalue weighted by Crippen LogP contribution is 2.11. The lowest BCUT2D eigenvalue weighted by Gasteiger charge is -2.13. The van der Waals surface area contributed by atoms with Crippen molar-refractivity contribution >= 4 is 0 Å². The first-order valence-electron chi connectivity index (χ1n) is 3.77. The van der Waals surface area contributed by atoms with Crippen molar-refractivity contribution in [2.75, 3.05) is 6.54 Å². The molecule has 0 spiro atoms. The van der Waals surface area contributed by atoms with Gasteiger partial charge in [-0.1, -0.05) is 20.3 Å². The van der Waals surface area contributed by atoms with Gasteiger partial charge >= 0.3 is 6.30 Å². The third-order valence-corrected chi connectivity index (χ3v) is 1.43. The lowest BCUT2D eigenvalue weighted by molar-refractivity contribution is -0.158. The monoisotopic (exact) mass is 169 g/mol.